The highest BCUT2D eigenvalue weighted by Crippen LogP contribution is 2.29. The molecule has 2 saturated heterocycles. The maximum absolute atomic E-state index is 6.16. The number of morpholine rings is 1. The van der Waals surface area contributed by atoms with Crippen LogP contribution in [-0.2, 0) is 11.3 Å². The number of benzene rings is 1. The lowest BCUT2D eigenvalue weighted by molar-refractivity contribution is -0.136. The van der Waals surface area contributed by atoms with Crippen molar-refractivity contribution in [1.29, 1.82) is 0 Å². The van der Waals surface area contributed by atoms with Gasteiger partial charge >= 0.3 is 0 Å². The van der Waals surface area contributed by atoms with Crippen LogP contribution >= 0.6 is 0 Å². The molecule has 0 aliphatic carbocycles. The van der Waals surface area contributed by atoms with Crippen molar-refractivity contribution in [2.45, 2.75) is 25.0 Å². The Morgan fingerprint density at radius 3 is 2.79 bits per heavy atom. The van der Waals surface area contributed by atoms with Crippen LogP contribution in [-0.4, -0.2) is 55.2 Å². The molecule has 3 nitrogen and oxygen atoms in total. The lowest BCUT2D eigenvalue weighted by Gasteiger charge is -2.47. The van der Waals surface area contributed by atoms with Gasteiger partial charge in [0.15, 0.2) is 0 Å². The van der Waals surface area contributed by atoms with E-state index in [1.54, 1.807) is 0 Å². The van der Waals surface area contributed by atoms with E-state index in [0.717, 1.165) is 32.8 Å². The van der Waals surface area contributed by atoms with Crippen LogP contribution in [0, 0.1) is 0 Å². The van der Waals surface area contributed by atoms with Crippen molar-refractivity contribution in [3.8, 4) is 0 Å². The Bertz CT molecular complexity index is 404. The summed E-state index contributed by atoms with van der Waals surface area (Å²) in [6.45, 7) is 6.36. The molecule has 0 saturated carbocycles. The topological polar surface area (TPSA) is 15.7 Å². The van der Waals surface area contributed by atoms with E-state index in [1.807, 2.05) is 0 Å². The van der Waals surface area contributed by atoms with Crippen LogP contribution in [0.15, 0.2) is 30.3 Å². The summed E-state index contributed by atoms with van der Waals surface area (Å²) in [7, 11) is 2.21. The monoisotopic (exact) mass is 260 g/mol. The van der Waals surface area contributed by atoms with Gasteiger partial charge in [0.05, 0.1) is 12.2 Å². The first-order valence-corrected chi connectivity index (χ1v) is 7.35. The molecule has 19 heavy (non-hydrogen) atoms. The highest BCUT2D eigenvalue weighted by atomic mass is 16.5. The molecule has 0 unspecified atom stereocenters. The van der Waals surface area contributed by atoms with Crippen LogP contribution in [0.3, 0.4) is 0 Å². The van der Waals surface area contributed by atoms with Gasteiger partial charge in [-0.25, -0.2) is 0 Å². The third-order valence-electron chi connectivity index (χ3n) is 4.31. The molecule has 2 fully saturated rings. The number of likely N-dealkylation sites (tertiary alicyclic amines) is 1. The van der Waals surface area contributed by atoms with Crippen molar-refractivity contribution in [3.63, 3.8) is 0 Å². The van der Waals surface area contributed by atoms with Gasteiger partial charge in [-0.1, -0.05) is 30.3 Å². The largest absolute Gasteiger partial charge is 0.371 e. The molecule has 104 valence electrons. The third-order valence-corrected chi connectivity index (χ3v) is 4.31. The Morgan fingerprint density at radius 1 is 1.16 bits per heavy atom. The lowest BCUT2D eigenvalue weighted by Crippen LogP contribution is -2.58. The Kier molecular flexibility index (Phi) is 3.87. The molecule has 1 aromatic rings. The number of rotatable bonds is 2. The number of hydrogen-bond acceptors (Lipinski definition) is 3. The molecule has 2 aliphatic heterocycles. The van der Waals surface area contributed by atoms with Gasteiger partial charge in [0.25, 0.3) is 0 Å². The Hall–Kier alpha value is -0.900. The van der Waals surface area contributed by atoms with Crippen molar-refractivity contribution < 1.29 is 4.74 Å². The first-order chi connectivity index (χ1) is 9.26. The maximum atomic E-state index is 6.16. The highest BCUT2D eigenvalue weighted by molar-refractivity contribution is 5.14. The lowest BCUT2D eigenvalue weighted by atomic mass is 9.90. The van der Waals surface area contributed by atoms with Crippen molar-refractivity contribution >= 4 is 0 Å². The second-order valence-corrected chi connectivity index (χ2v) is 6.07. The zero-order chi connectivity index (χ0) is 13.1. The van der Waals surface area contributed by atoms with Gasteiger partial charge in [-0.3, -0.25) is 4.90 Å². The minimum atomic E-state index is 0.0834. The molecule has 2 aliphatic rings. The molecule has 1 aromatic carbocycles. The predicted octanol–water partition coefficient (Wildman–Crippen LogP) is 1.98. The third kappa shape index (κ3) is 3.16. The molecule has 0 N–H and O–H groups in total. The highest BCUT2D eigenvalue weighted by Gasteiger charge is 2.39. The fourth-order valence-electron chi connectivity index (χ4n) is 3.45. The molecule has 1 atom stereocenters. The minimum Gasteiger partial charge on any atom is -0.371 e. The van der Waals surface area contributed by atoms with Crippen LogP contribution in [0.2, 0.25) is 0 Å². The number of likely N-dealkylation sites (N-methyl/N-ethyl adjacent to an activating group) is 1. The summed E-state index contributed by atoms with van der Waals surface area (Å²) in [6, 6.07) is 10.8. The summed E-state index contributed by atoms with van der Waals surface area (Å²) in [5.74, 6) is 0. The molecule has 3 rings (SSSR count). The average Bonchev–Trinajstić information content (AvgIpc) is 2.39. The average molecular weight is 260 g/mol. The van der Waals surface area contributed by atoms with Crippen LogP contribution in [0.1, 0.15) is 18.4 Å². The fraction of sp³-hybridized carbons (Fsp3) is 0.625. The molecule has 2 heterocycles. The smallest absolute Gasteiger partial charge is 0.0935 e. The first-order valence-electron chi connectivity index (χ1n) is 7.35. The number of ether oxygens (including phenoxy) is 1. The van der Waals surface area contributed by atoms with Gasteiger partial charge in [0.1, 0.15) is 0 Å². The summed E-state index contributed by atoms with van der Waals surface area (Å²) in [5, 5.41) is 0. The summed E-state index contributed by atoms with van der Waals surface area (Å²) in [6.07, 6.45) is 2.46. The molecular formula is C16H24N2O. The Balaban J connectivity index is 1.64. The van der Waals surface area contributed by atoms with Gasteiger partial charge in [0.2, 0.25) is 0 Å². The first kappa shape index (κ1) is 13.1. The van der Waals surface area contributed by atoms with E-state index < -0.39 is 0 Å². The number of nitrogens with zero attached hydrogens (tertiary/aromatic N) is 2. The molecule has 1 spiro atoms. The molecule has 3 heteroatoms. The molecular weight excluding hydrogens is 236 g/mol. The van der Waals surface area contributed by atoms with Gasteiger partial charge in [-0.05, 0) is 32.0 Å². The summed E-state index contributed by atoms with van der Waals surface area (Å²) in [5.41, 5.74) is 1.49. The van der Waals surface area contributed by atoms with E-state index in [-0.39, 0.29) is 5.60 Å². The normalized spacial score (nSPS) is 29.7. The molecule has 0 amide bonds. The van der Waals surface area contributed by atoms with Crippen LogP contribution < -0.4 is 0 Å². The van der Waals surface area contributed by atoms with Crippen LogP contribution in [0.25, 0.3) is 0 Å². The van der Waals surface area contributed by atoms with Crippen molar-refractivity contribution in [3.05, 3.63) is 35.9 Å². The van der Waals surface area contributed by atoms with E-state index in [2.05, 4.69) is 47.2 Å². The van der Waals surface area contributed by atoms with Crippen LogP contribution in [0.5, 0.6) is 0 Å². The summed E-state index contributed by atoms with van der Waals surface area (Å²) in [4.78, 5) is 4.97. The SMILES string of the molecule is CN1CCO[C@]2(CCCN(Cc3ccccc3)C2)C1. The van der Waals surface area contributed by atoms with E-state index in [9.17, 15) is 0 Å². The Labute approximate surface area is 116 Å². The van der Waals surface area contributed by atoms with Gasteiger partial charge in [-0.2, -0.15) is 0 Å². The zero-order valence-corrected chi connectivity index (χ0v) is 11.8. The standard InChI is InChI=1S/C16H24N2O/c1-17-10-11-19-16(13-17)8-5-9-18(14-16)12-15-6-3-2-4-7-15/h2-4,6-7H,5,8-14H2,1H3/t16-/m1/s1. The summed E-state index contributed by atoms with van der Waals surface area (Å²) < 4.78 is 6.16. The fourth-order valence-corrected chi connectivity index (χ4v) is 3.45. The zero-order valence-electron chi connectivity index (χ0n) is 11.8. The van der Waals surface area contributed by atoms with E-state index >= 15 is 0 Å². The second-order valence-electron chi connectivity index (χ2n) is 6.07. The van der Waals surface area contributed by atoms with Gasteiger partial charge in [-0.15, -0.1) is 0 Å². The molecule has 0 radical (unpaired) electrons. The quantitative estimate of drug-likeness (QED) is 0.809. The second kappa shape index (κ2) is 5.61. The minimum absolute atomic E-state index is 0.0834. The van der Waals surface area contributed by atoms with Crippen molar-refractivity contribution in [2.24, 2.45) is 0 Å². The maximum Gasteiger partial charge on any atom is 0.0935 e. The number of hydrogen-bond donors (Lipinski definition) is 0. The van der Waals surface area contributed by atoms with Gasteiger partial charge < -0.3 is 9.64 Å². The van der Waals surface area contributed by atoms with Crippen molar-refractivity contribution in [1.82, 2.24) is 9.80 Å². The number of piperidine rings is 1. The predicted molar refractivity (Wildman–Crippen MR) is 77.1 cm³/mol. The molecule has 0 aromatic heterocycles. The van der Waals surface area contributed by atoms with Crippen LogP contribution in [0.4, 0.5) is 0 Å². The Morgan fingerprint density at radius 2 is 2.00 bits per heavy atom. The van der Waals surface area contributed by atoms with Gasteiger partial charge in [0, 0.05) is 26.2 Å². The van der Waals surface area contributed by atoms with E-state index in [0.29, 0.717) is 0 Å². The summed E-state index contributed by atoms with van der Waals surface area (Å²) >= 11 is 0. The van der Waals surface area contributed by atoms with E-state index in [4.69, 9.17) is 4.74 Å². The molecule has 0 bridgehead atoms. The van der Waals surface area contributed by atoms with E-state index in [1.165, 1.54) is 24.9 Å². The van der Waals surface area contributed by atoms with Crippen molar-refractivity contribution in [2.75, 3.05) is 39.8 Å².